The lowest BCUT2D eigenvalue weighted by Crippen LogP contribution is -2.24. The minimum absolute atomic E-state index is 0.300. The van der Waals surface area contributed by atoms with Crippen molar-refractivity contribution in [1.82, 2.24) is 4.90 Å². The highest BCUT2D eigenvalue weighted by Gasteiger charge is 2.13. The molecule has 160 valence electrons. The summed E-state index contributed by atoms with van der Waals surface area (Å²) < 4.78 is 6.05. The average molecular weight is 416 g/mol. The summed E-state index contributed by atoms with van der Waals surface area (Å²) in [6, 6.07) is 24.4. The van der Waals surface area contributed by atoms with Gasteiger partial charge in [0.05, 0.1) is 12.2 Å². The first-order valence-electron chi connectivity index (χ1n) is 11.0. The van der Waals surface area contributed by atoms with E-state index in [1.165, 1.54) is 16.7 Å². The van der Waals surface area contributed by atoms with Gasteiger partial charge in [-0.15, -0.1) is 0 Å². The summed E-state index contributed by atoms with van der Waals surface area (Å²) in [6.45, 7) is 3.55. The van der Waals surface area contributed by atoms with Crippen molar-refractivity contribution in [1.29, 1.82) is 0 Å². The van der Waals surface area contributed by atoms with Gasteiger partial charge in [0.1, 0.15) is 5.75 Å². The average Bonchev–Trinajstić information content (AvgIpc) is 2.77. The van der Waals surface area contributed by atoms with Crippen LogP contribution in [0.2, 0.25) is 0 Å². The molecule has 0 fully saturated rings. The first-order valence-corrected chi connectivity index (χ1v) is 11.0. The molecule has 1 aliphatic heterocycles. The van der Waals surface area contributed by atoms with Gasteiger partial charge < -0.3 is 9.84 Å². The summed E-state index contributed by atoms with van der Waals surface area (Å²) in [7, 11) is 0. The third kappa shape index (κ3) is 5.96. The molecule has 4 heteroatoms. The molecule has 4 rings (SSSR count). The van der Waals surface area contributed by atoms with Crippen molar-refractivity contribution in [3.05, 3.63) is 101 Å². The predicted octanol–water partition coefficient (Wildman–Crippen LogP) is 5.54. The quantitative estimate of drug-likeness (QED) is 0.610. The van der Waals surface area contributed by atoms with Crippen LogP contribution in [0.4, 0.5) is 0 Å². The number of hydrogen-bond donors (Lipinski definition) is 1. The van der Waals surface area contributed by atoms with Crippen LogP contribution in [0.25, 0.3) is 0 Å². The van der Waals surface area contributed by atoms with Crippen molar-refractivity contribution in [3.63, 3.8) is 0 Å². The van der Waals surface area contributed by atoms with Crippen molar-refractivity contribution in [2.45, 2.75) is 38.8 Å². The molecule has 1 aliphatic rings. The molecule has 1 heterocycles. The largest absolute Gasteiger partial charge is 0.493 e. The van der Waals surface area contributed by atoms with Crippen LogP contribution in [0.1, 0.15) is 51.9 Å². The number of hydrogen-bond acceptors (Lipinski definition) is 3. The maximum Gasteiger partial charge on any atom is 0.335 e. The minimum atomic E-state index is -0.910. The summed E-state index contributed by atoms with van der Waals surface area (Å²) in [5.41, 5.74) is 5.01. The van der Waals surface area contributed by atoms with Gasteiger partial charge in [0.15, 0.2) is 0 Å². The third-order valence-corrected chi connectivity index (χ3v) is 5.72. The number of rotatable bonds is 3. The van der Waals surface area contributed by atoms with Crippen LogP contribution < -0.4 is 4.74 Å². The Morgan fingerprint density at radius 2 is 1.74 bits per heavy atom. The summed E-state index contributed by atoms with van der Waals surface area (Å²) in [4.78, 5) is 14.0. The van der Waals surface area contributed by atoms with Gasteiger partial charge in [-0.2, -0.15) is 0 Å². The van der Waals surface area contributed by atoms with Crippen molar-refractivity contribution < 1.29 is 14.6 Å². The molecule has 3 aromatic carbocycles. The highest BCUT2D eigenvalue weighted by atomic mass is 16.5. The Balaban J connectivity index is 1.60. The lowest BCUT2D eigenvalue weighted by Gasteiger charge is -2.23. The van der Waals surface area contributed by atoms with Crippen molar-refractivity contribution in [2.24, 2.45) is 0 Å². The fraction of sp³-hybridized carbons (Fsp3) is 0.296. The van der Waals surface area contributed by atoms with Gasteiger partial charge in [0.2, 0.25) is 0 Å². The number of ether oxygens (including phenoxy) is 1. The number of fused-ring (bicyclic) bond motifs is 3. The monoisotopic (exact) mass is 415 g/mol. The zero-order valence-corrected chi connectivity index (χ0v) is 17.8. The minimum Gasteiger partial charge on any atom is -0.493 e. The van der Waals surface area contributed by atoms with E-state index in [1.807, 2.05) is 0 Å². The molecule has 0 atom stereocenters. The van der Waals surface area contributed by atoms with Crippen LogP contribution in [-0.2, 0) is 19.5 Å². The van der Waals surface area contributed by atoms with E-state index in [0.29, 0.717) is 18.6 Å². The smallest absolute Gasteiger partial charge is 0.335 e. The standard InChI is InChI=1S/C27H29NO3/c29-27(30)24-12-13-26-25(18-24)17-22-10-7-11-23(16-22)20-28(14-5-2-6-15-31-26)19-21-8-3-1-4-9-21/h1,3-4,7-13,16,18H,2,5-6,14-15,17,19-20H2,(H,29,30). The molecule has 1 N–H and O–H groups in total. The molecule has 4 nitrogen and oxygen atoms in total. The van der Waals surface area contributed by atoms with Crippen molar-refractivity contribution in [3.8, 4) is 5.75 Å². The number of carboxylic acid groups (broad SMARTS) is 1. The Morgan fingerprint density at radius 1 is 0.903 bits per heavy atom. The molecule has 2 bridgehead atoms. The zero-order chi connectivity index (χ0) is 21.5. The highest BCUT2D eigenvalue weighted by molar-refractivity contribution is 5.88. The van der Waals surface area contributed by atoms with Crippen LogP contribution >= 0.6 is 0 Å². The summed E-state index contributed by atoms with van der Waals surface area (Å²) in [5, 5.41) is 9.41. The summed E-state index contributed by atoms with van der Waals surface area (Å²) >= 11 is 0. The molecule has 0 spiro atoms. The molecular formula is C27H29NO3. The van der Waals surface area contributed by atoms with Gasteiger partial charge in [-0.05, 0) is 66.3 Å². The first kappa shape index (κ1) is 21.1. The molecule has 0 radical (unpaired) electrons. The lowest BCUT2D eigenvalue weighted by molar-refractivity contribution is 0.0696. The second kappa shape index (κ2) is 10.3. The van der Waals surface area contributed by atoms with Gasteiger partial charge in [0.25, 0.3) is 0 Å². The first-order chi connectivity index (χ1) is 15.2. The lowest BCUT2D eigenvalue weighted by atomic mass is 9.99. The molecule has 0 unspecified atom stereocenters. The van der Waals surface area contributed by atoms with Crippen LogP contribution in [0.15, 0.2) is 72.8 Å². The number of nitrogens with zero attached hydrogens (tertiary/aromatic N) is 1. The van der Waals surface area contributed by atoms with E-state index in [0.717, 1.165) is 50.2 Å². The fourth-order valence-corrected chi connectivity index (χ4v) is 4.16. The zero-order valence-electron chi connectivity index (χ0n) is 17.8. The summed E-state index contributed by atoms with van der Waals surface area (Å²) in [5.74, 6) is -0.120. The van der Waals surface area contributed by atoms with E-state index in [1.54, 1.807) is 18.2 Å². The fourth-order valence-electron chi connectivity index (χ4n) is 4.16. The van der Waals surface area contributed by atoms with Gasteiger partial charge in [-0.1, -0.05) is 54.6 Å². The Hall–Kier alpha value is -3.11. The normalized spacial score (nSPS) is 15.4. The number of aromatic carboxylic acids is 1. The van der Waals surface area contributed by atoms with Crippen molar-refractivity contribution >= 4 is 5.97 Å². The van der Waals surface area contributed by atoms with Gasteiger partial charge in [-0.3, -0.25) is 4.90 Å². The molecule has 0 saturated heterocycles. The Kier molecular flexibility index (Phi) is 7.00. The van der Waals surface area contributed by atoms with E-state index < -0.39 is 5.97 Å². The SMILES string of the molecule is O=C(O)c1ccc2c(c1)Cc1cccc(c1)CN(Cc1ccccc1)CCCCCO2. The number of carbonyl (C=O) groups is 1. The third-order valence-electron chi connectivity index (χ3n) is 5.72. The van der Waals surface area contributed by atoms with E-state index in [9.17, 15) is 9.90 Å². The van der Waals surface area contributed by atoms with Gasteiger partial charge in [-0.25, -0.2) is 4.79 Å². The Bertz CT molecular complexity index is 1020. The Labute approximate surface area is 184 Å². The maximum absolute atomic E-state index is 11.5. The van der Waals surface area contributed by atoms with Crippen LogP contribution in [0.3, 0.4) is 0 Å². The number of carboxylic acids is 1. The van der Waals surface area contributed by atoms with Crippen LogP contribution in [-0.4, -0.2) is 29.1 Å². The van der Waals surface area contributed by atoms with Crippen molar-refractivity contribution in [2.75, 3.05) is 13.2 Å². The molecule has 3 aromatic rings. The topological polar surface area (TPSA) is 49.8 Å². The van der Waals surface area contributed by atoms with E-state index in [2.05, 4.69) is 59.5 Å². The second-order valence-corrected chi connectivity index (χ2v) is 8.23. The second-order valence-electron chi connectivity index (χ2n) is 8.23. The Morgan fingerprint density at radius 3 is 2.58 bits per heavy atom. The van der Waals surface area contributed by atoms with Crippen LogP contribution in [0.5, 0.6) is 5.75 Å². The highest BCUT2D eigenvalue weighted by Crippen LogP contribution is 2.25. The predicted molar refractivity (Wildman–Crippen MR) is 123 cm³/mol. The number of benzene rings is 3. The molecule has 0 saturated carbocycles. The molecule has 0 aromatic heterocycles. The van der Waals surface area contributed by atoms with E-state index >= 15 is 0 Å². The summed E-state index contributed by atoms with van der Waals surface area (Å²) in [6.07, 6.45) is 3.88. The van der Waals surface area contributed by atoms with E-state index in [4.69, 9.17) is 4.74 Å². The van der Waals surface area contributed by atoms with Gasteiger partial charge in [0, 0.05) is 19.5 Å². The molecular weight excluding hydrogens is 386 g/mol. The van der Waals surface area contributed by atoms with E-state index in [-0.39, 0.29) is 0 Å². The maximum atomic E-state index is 11.5. The van der Waals surface area contributed by atoms with Gasteiger partial charge >= 0.3 is 5.97 Å². The molecule has 31 heavy (non-hydrogen) atoms. The molecule has 0 aliphatic carbocycles. The van der Waals surface area contributed by atoms with Crippen LogP contribution in [0, 0.1) is 0 Å². The molecule has 0 amide bonds.